The van der Waals surface area contributed by atoms with Crippen LogP contribution in [-0.2, 0) is 0 Å². The number of aromatic nitrogens is 2. The van der Waals surface area contributed by atoms with Gasteiger partial charge in [-0.25, -0.2) is 14.8 Å². The van der Waals surface area contributed by atoms with Crippen LogP contribution in [0.15, 0.2) is 36.7 Å². The molecule has 0 aliphatic rings. The maximum absolute atomic E-state index is 12.2. The van der Waals surface area contributed by atoms with Gasteiger partial charge in [0.05, 0.1) is 19.0 Å². The summed E-state index contributed by atoms with van der Waals surface area (Å²) in [4.78, 5) is 31.9. The molecule has 0 saturated heterocycles. The summed E-state index contributed by atoms with van der Waals surface area (Å²) in [5, 5.41) is 8.77. The zero-order valence-corrected chi connectivity index (χ0v) is 13.6. The molecule has 1 amide bonds. The predicted octanol–water partition coefficient (Wildman–Crippen LogP) is 2.02. The van der Waals surface area contributed by atoms with Gasteiger partial charge in [0.1, 0.15) is 11.4 Å². The van der Waals surface area contributed by atoms with Crippen molar-refractivity contribution in [3.63, 3.8) is 0 Å². The minimum absolute atomic E-state index is 0.113. The first-order valence-electron chi connectivity index (χ1n) is 7.48. The minimum atomic E-state index is -1.18. The van der Waals surface area contributed by atoms with Crippen molar-refractivity contribution in [1.29, 1.82) is 0 Å². The Morgan fingerprint density at radius 1 is 1.17 bits per heavy atom. The molecule has 0 fully saturated rings. The van der Waals surface area contributed by atoms with Crippen LogP contribution in [0.25, 0.3) is 0 Å². The maximum Gasteiger partial charge on any atom is 0.356 e. The van der Waals surface area contributed by atoms with Gasteiger partial charge in [-0.15, -0.1) is 0 Å². The molecule has 2 rings (SSSR count). The van der Waals surface area contributed by atoms with Crippen LogP contribution < -0.4 is 4.74 Å². The third-order valence-electron chi connectivity index (χ3n) is 3.43. The number of rotatable bonds is 7. The number of amides is 1. The molecular formula is C17H19N3O4. The Labute approximate surface area is 139 Å². The summed E-state index contributed by atoms with van der Waals surface area (Å²) in [7, 11) is 1.66. The first kappa shape index (κ1) is 17.4. The van der Waals surface area contributed by atoms with Crippen LogP contribution in [0.2, 0.25) is 0 Å². The molecule has 2 aromatic rings. The Kier molecular flexibility index (Phi) is 5.83. The van der Waals surface area contributed by atoms with E-state index in [-0.39, 0.29) is 17.3 Å². The second-order valence-electron chi connectivity index (χ2n) is 5.29. The van der Waals surface area contributed by atoms with Crippen molar-refractivity contribution in [2.75, 3.05) is 20.2 Å². The van der Waals surface area contributed by atoms with Crippen LogP contribution in [0.4, 0.5) is 0 Å². The highest BCUT2D eigenvalue weighted by Gasteiger charge is 2.14. The molecule has 0 aliphatic carbocycles. The SMILES string of the molecule is Cc1ccccc1OCCCN(C)C(=O)c1cnc(C(=O)O)cn1. The Bertz CT molecular complexity index is 716. The number of nitrogens with zero attached hydrogens (tertiary/aromatic N) is 3. The Hall–Kier alpha value is -2.96. The van der Waals surface area contributed by atoms with Gasteiger partial charge in [-0.2, -0.15) is 0 Å². The smallest absolute Gasteiger partial charge is 0.356 e. The largest absolute Gasteiger partial charge is 0.493 e. The standard InChI is InChI=1S/C17H19N3O4/c1-12-6-3-4-7-15(12)24-9-5-8-20(2)16(21)13-10-19-14(11-18-13)17(22)23/h3-4,6-7,10-11H,5,8-9H2,1-2H3,(H,22,23). The van der Waals surface area contributed by atoms with E-state index in [9.17, 15) is 9.59 Å². The number of para-hydroxylation sites is 1. The van der Waals surface area contributed by atoms with E-state index in [1.54, 1.807) is 7.05 Å². The molecule has 1 aromatic carbocycles. The maximum atomic E-state index is 12.2. The lowest BCUT2D eigenvalue weighted by atomic mass is 10.2. The first-order valence-corrected chi connectivity index (χ1v) is 7.48. The molecule has 0 aliphatic heterocycles. The molecule has 0 atom stereocenters. The van der Waals surface area contributed by atoms with E-state index in [0.29, 0.717) is 19.6 Å². The monoisotopic (exact) mass is 329 g/mol. The van der Waals surface area contributed by atoms with Gasteiger partial charge in [0.25, 0.3) is 5.91 Å². The normalized spacial score (nSPS) is 10.2. The number of carboxylic acids is 1. The molecule has 1 heterocycles. The Morgan fingerprint density at radius 3 is 2.46 bits per heavy atom. The van der Waals surface area contributed by atoms with Crippen molar-refractivity contribution in [3.05, 3.63) is 53.6 Å². The van der Waals surface area contributed by atoms with Crippen molar-refractivity contribution in [1.82, 2.24) is 14.9 Å². The highest BCUT2D eigenvalue weighted by Crippen LogP contribution is 2.16. The van der Waals surface area contributed by atoms with Crippen LogP contribution in [0.5, 0.6) is 5.75 Å². The van der Waals surface area contributed by atoms with Crippen molar-refractivity contribution in [2.45, 2.75) is 13.3 Å². The number of hydrogen-bond donors (Lipinski definition) is 1. The number of aromatic carboxylic acids is 1. The highest BCUT2D eigenvalue weighted by molar-refractivity contribution is 5.92. The van der Waals surface area contributed by atoms with Gasteiger partial charge in [0.15, 0.2) is 5.69 Å². The van der Waals surface area contributed by atoms with E-state index >= 15 is 0 Å². The molecule has 7 nitrogen and oxygen atoms in total. The van der Waals surface area contributed by atoms with Gasteiger partial charge < -0.3 is 14.7 Å². The fourth-order valence-corrected chi connectivity index (χ4v) is 2.05. The van der Waals surface area contributed by atoms with E-state index in [4.69, 9.17) is 9.84 Å². The highest BCUT2D eigenvalue weighted by atomic mass is 16.5. The van der Waals surface area contributed by atoms with E-state index < -0.39 is 5.97 Å². The zero-order valence-electron chi connectivity index (χ0n) is 13.6. The molecule has 126 valence electrons. The third kappa shape index (κ3) is 4.52. The van der Waals surface area contributed by atoms with E-state index in [1.165, 1.54) is 11.1 Å². The average Bonchev–Trinajstić information content (AvgIpc) is 2.59. The summed E-state index contributed by atoms with van der Waals surface area (Å²) >= 11 is 0. The van der Waals surface area contributed by atoms with Gasteiger partial charge in [0.2, 0.25) is 0 Å². The van der Waals surface area contributed by atoms with Crippen LogP contribution in [0, 0.1) is 6.92 Å². The molecule has 0 spiro atoms. The number of carbonyl (C=O) groups is 2. The number of benzene rings is 1. The molecule has 7 heteroatoms. The zero-order chi connectivity index (χ0) is 17.5. The van der Waals surface area contributed by atoms with E-state index in [1.807, 2.05) is 31.2 Å². The third-order valence-corrected chi connectivity index (χ3v) is 3.43. The molecule has 1 N–H and O–H groups in total. The van der Waals surface area contributed by atoms with Gasteiger partial charge >= 0.3 is 5.97 Å². The summed E-state index contributed by atoms with van der Waals surface area (Å²) in [6.45, 7) is 2.96. The van der Waals surface area contributed by atoms with Gasteiger partial charge in [0, 0.05) is 13.6 Å². The molecule has 1 aromatic heterocycles. The van der Waals surface area contributed by atoms with Crippen molar-refractivity contribution >= 4 is 11.9 Å². The lowest BCUT2D eigenvalue weighted by Gasteiger charge is -2.17. The molecule has 0 radical (unpaired) electrons. The molecule has 0 saturated carbocycles. The van der Waals surface area contributed by atoms with E-state index in [2.05, 4.69) is 9.97 Å². The second-order valence-corrected chi connectivity index (χ2v) is 5.29. The summed E-state index contributed by atoms with van der Waals surface area (Å²) in [6.07, 6.45) is 2.91. The summed E-state index contributed by atoms with van der Waals surface area (Å²) < 4.78 is 5.68. The number of hydrogen-bond acceptors (Lipinski definition) is 5. The summed E-state index contributed by atoms with van der Waals surface area (Å²) in [5.74, 6) is -0.653. The van der Waals surface area contributed by atoms with Crippen LogP contribution in [0.3, 0.4) is 0 Å². The van der Waals surface area contributed by atoms with Crippen molar-refractivity contribution < 1.29 is 19.4 Å². The number of ether oxygens (including phenoxy) is 1. The second kappa shape index (κ2) is 8.05. The van der Waals surface area contributed by atoms with Gasteiger partial charge in [-0.3, -0.25) is 4.79 Å². The van der Waals surface area contributed by atoms with Crippen molar-refractivity contribution in [2.24, 2.45) is 0 Å². The number of carboxylic acid groups (broad SMARTS) is 1. The molecule has 24 heavy (non-hydrogen) atoms. The Morgan fingerprint density at radius 2 is 1.83 bits per heavy atom. The summed E-state index contributed by atoms with van der Waals surface area (Å²) in [5.41, 5.74) is 0.985. The molecular weight excluding hydrogens is 310 g/mol. The fraction of sp³-hybridized carbons (Fsp3) is 0.294. The molecule has 0 bridgehead atoms. The van der Waals surface area contributed by atoms with Crippen LogP contribution in [-0.4, -0.2) is 52.1 Å². The van der Waals surface area contributed by atoms with Crippen LogP contribution >= 0.6 is 0 Å². The van der Waals surface area contributed by atoms with Gasteiger partial charge in [-0.1, -0.05) is 18.2 Å². The lowest BCUT2D eigenvalue weighted by Crippen LogP contribution is -2.29. The molecule has 0 unspecified atom stereocenters. The van der Waals surface area contributed by atoms with Crippen molar-refractivity contribution in [3.8, 4) is 5.75 Å². The average molecular weight is 329 g/mol. The van der Waals surface area contributed by atoms with Gasteiger partial charge in [-0.05, 0) is 25.0 Å². The Balaban J connectivity index is 1.81. The number of carbonyl (C=O) groups excluding carboxylic acids is 1. The quantitative estimate of drug-likeness (QED) is 0.781. The first-order chi connectivity index (χ1) is 11.5. The topological polar surface area (TPSA) is 92.6 Å². The summed E-state index contributed by atoms with van der Waals surface area (Å²) in [6, 6.07) is 7.75. The predicted molar refractivity (Wildman–Crippen MR) is 87.2 cm³/mol. The fourth-order valence-electron chi connectivity index (χ4n) is 2.05. The lowest BCUT2D eigenvalue weighted by molar-refractivity contribution is 0.0687. The van der Waals surface area contributed by atoms with Crippen LogP contribution in [0.1, 0.15) is 33.0 Å². The minimum Gasteiger partial charge on any atom is -0.493 e. The van der Waals surface area contributed by atoms with E-state index in [0.717, 1.165) is 17.5 Å². The number of aryl methyl sites for hydroxylation is 1.